The highest BCUT2D eigenvalue weighted by Gasteiger charge is 2.46. The van der Waals surface area contributed by atoms with Crippen molar-refractivity contribution in [1.82, 2.24) is 24.8 Å². The molecule has 0 bridgehead atoms. The molecular formula is C36H43N5O5. The maximum atomic E-state index is 12.8. The topological polar surface area (TPSA) is 110 Å². The van der Waals surface area contributed by atoms with E-state index < -0.39 is 11.4 Å². The van der Waals surface area contributed by atoms with Gasteiger partial charge in [-0.15, -0.1) is 5.10 Å². The Morgan fingerprint density at radius 1 is 1.00 bits per heavy atom. The van der Waals surface area contributed by atoms with Gasteiger partial charge in [0.25, 0.3) is 0 Å². The van der Waals surface area contributed by atoms with Crippen LogP contribution >= 0.6 is 0 Å². The first-order valence-electron chi connectivity index (χ1n) is 16.2. The third-order valence-electron chi connectivity index (χ3n) is 9.12. The van der Waals surface area contributed by atoms with Gasteiger partial charge in [-0.05, 0) is 88.3 Å². The van der Waals surface area contributed by atoms with Crippen LogP contribution < -0.4 is 4.74 Å². The van der Waals surface area contributed by atoms with Gasteiger partial charge in [-0.25, -0.2) is 14.2 Å². The van der Waals surface area contributed by atoms with Crippen LogP contribution in [0.4, 0.5) is 0 Å². The number of carbonyl (C=O) groups excluding carboxylic acids is 2. The Balaban J connectivity index is 1.22. The van der Waals surface area contributed by atoms with Crippen molar-refractivity contribution in [2.45, 2.75) is 90.9 Å². The maximum Gasteiger partial charge on any atom is 0.341 e. The molecule has 2 heterocycles. The molecule has 10 heteroatoms. The van der Waals surface area contributed by atoms with Crippen molar-refractivity contribution in [2.75, 3.05) is 7.11 Å². The quantitative estimate of drug-likeness (QED) is 0.172. The van der Waals surface area contributed by atoms with Gasteiger partial charge in [0, 0.05) is 11.8 Å². The summed E-state index contributed by atoms with van der Waals surface area (Å²) in [6, 6.07) is 16.4. The van der Waals surface area contributed by atoms with E-state index in [-0.39, 0.29) is 30.6 Å². The van der Waals surface area contributed by atoms with Crippen molar-refractivity contribution in [3.05, 3.63) is 77.9 Å². The van der Waals surface area contributed by atoms with E-state index in [1.165, 1.54) is 43.9 Å². The molecule has 0 radical (unpaired) electrons. The summed E-state index contributed by atoms with van der Waals surface area (Å²) in [5.41, 5.74) is 4.29. The number of esters is 2. The second kappa shape index (κ2) is 13.1. The average molecular weight is 626 g/mol. The Labute approximate surface area is 270 Å². The molecule has 2 aliphatic rings. The van der Waals surface area contributed by atoms with Crippen molar-refractivity contribution in [1.29, 1.82) is 0 Å². The number of benzene rings is 2. The highest BCUT2D eigenvalue weighted by molar-refractivity contribution is 5.91. The van der Waals surface area contributed by atoms with Gasteiger partial charge in [0.2, 0.25) is 0 Å². The minimum Gasteiger partial charge on any atom is -0.490 e. The molecule has 0 N–H and O–H groups in total. The molecule has 0 amide bonds. The lowest BCUT2D eigenvalue weighted by Crippen LogP contribution is -2.25. The normalized spacial score (nSPS) is 19.0. The van der Waals surface area contributed by atoms with Gasteiger partial charge >= 0.3 is 11.9 Å². The monoisotopic (exact) mass is 625 g/mol. The van der Waals surface area contributed by atoms with Gasteiger partial charge in [0.1, 0.15) is 11.3 Å². The summed E-state index contributed by atoms with van der Waals surface area (Å²) in [6.45, 7) is 7.59. The van der Waals surface area contributed by atoms with Gasteiger partial charge in [-0.1, -0.05) is 48.7 Å². The van der Waals surface area contributed by atoms with Crippen molar-refractivity contribution >= 4 is 11.9 Å². The summed E-state index contributed by atoms with van der Waals surface area (Å²) < 4.78 is 20.3. The fraction of sp³-hybridized carbons (Fsp3) is 0.472. The molecule has 242 valence electrons. The maximum absolute atomic E-state index is 12.8. The molecule has 0 aliphatic heterocycles. The SMILES string of the molecule is COC(=O)c1cnn(-c2cccc(-c3cccc(O[C@@H](C)C4CCCCC4)c3)c2)c1[C@H]1C[C@@H]1c1cn(COC(=O)C(C)(C)C)nn1. The largest absolute Gasteiger partial charge is 0.490 e. The number of hydrogen-bond acceptors (Lipinski definition) is 8. The minimum absolute atomic E-state index is 0.00956. The summed E-state index contributed by atoms with van der Waals surface area (Å²) in [6.07, 6.45) is 10.7. The number of nitrogens with zero attached hydrogens (tertiary/aromatic N) is 5. The van der Waals surface area contributed by atoms with Crippen LogP contribution in [-0.2, 0) is 21.0 Å². The van der Waals surface area contributed by atoms with Crippen LogP contribution in [-0.4, -0.2) is 49.9 Å². The van der Waals surface area contributed by atoms with E-state index >= 15 is 0 Å². The second-order valence-corrected chi connectivity index (χ2v) is 13.6. The fourth-order valence-corrected chi connectivity index (χ4v) is 6.38. The molecule has 4 aromatic rings. The molecule has 46 heavy (non-hydrogen) atoms. The molecule has 10 nitrogen and oxygen atoms in total. The Kier molecular flexibility index (Phi) is 8.97. The van der Waals surface area contributed by atoms with E-state index in [0.29, 0.717) is 11.5 Å². The Bertz CT molecular complexity index is 1700. The van der Waals surface area contributed by atoms with Crippen LogP contribution in [0.15, 0.2) is 60.9 Å². The van der Waals surface area contributed by atoms with Crippen LogP contribution in [0.2, 0.25) is 0 Å². The van der Waals surface area contributed by atoms with Crippen LogP contribution in [0.5, 0.6) is 5.75 Å². The number of rotatable bonds is 10. The van der Waals surface area contributed by atoms with Gasteiger partial charge in [0.05, 0.1) is 48.1 Å². The van der Waals surface area contributed by atoms with E-state index in [1.54, 1.807) is 33.2 Å². The summed E-state index contributed by atoms with van der Waals surface area (Å²) in [5, 5.41) is 13.2. The molecular weight excluding hydrogens is 582 g/mol. The number of aromatic nitrogens is 5. The number of hydrogen-bond donors (Lipinski definition) is 0. The molecule has 2 fully saturated rings. The molecule has 2 aliphatic carbocycles. The van der Waals surface area contributed by atoms with Gasteiger partial charge in [-0.2, -0.15) is 5.10 Å². The lowest BCUT2D eigenvalue weighted by molar-refractivity contribution is -0.157. The summed E-state index contributed by atoms with van der Waals surface area (Å²) in [4.78, 5) is 25.0. The molecule has 2 aromatic heterocycles. The number of ether oxygens (including phenoxy) is 3. The standard InChI is InChI=1S/C36H43N5O5/c1-23(24-11-7-6-8-12-24)46-28-16-10-14-26(18-28)25-13-9-15-27(17-25)41-33(31(20-37-41)34(42)44-5)30-19-29(30)32-21-40(39-38-32)22-45-35(43)36(2,3)4/h9-10,13-18,20-21,23-24,29-30H,6-8,11-12,19,22H2,1-5H3/t23-,29-,30-/m0/s1. The molecule has 2 saturated carbocycles. The molecule has 0 spiro atoms. The molecule has 0 unspecified atom stereocenters. The summed E-state index contributed by atoms with van der Waals surface area (Å²) in [5.74, 6) is 0.754. The summed E-state index contributed by atoms with van der Waals surface area (Å²) in [7, 11) is 1.38. The first kappa shape index (κ1) is 31.5. The smallest absolute Gasteiger partial charge is 0.341 e. The van der Waals surface area contributed by atoms with Crippen molar-refractivity contribution in [3.8, 4) is 22.6 Å². The zero-order chi connectivity index (χ0) is 32.4. The van der Waals surface area contributed by atoms with Crippen LogP contribution in [0.25, 0.3) is 16.8 Å². The molecule has 0 saturated heterocycles. The minimum atomic E-state index is -0.603. The molecule has 2 aromatic carbocycles. The first-order valence-corrected chi connectivity index (χ1v) is 16.2. The van der Waals surface area contributed by atoms with E-state index in [1.807, 2.05) is 28.9 Å². The first-order chi connectivity index (χ1) is 22.1. The summed E-state index contributed by atoms with van der Waals surface area (Å²) >= 11 is 0. The Morgan fingerprint density at radius 2 is 1.74 bits per heavy atom. The third kappa shape index (κ3) is 6.85. The molecule has 6 rings (SSSR count). The van der Waals surface area contributed by atoms with E-state index in [4.69, 9.17) is 14.2 Å². The predicted molar refractivity (Wildman–Crippen MR) is 173 cm³/mol. The van der Waals surface area contributed by atoms with Gasteiger partial charge in [0.15, 0.2) is 6.73 Å². The van der Waals surface area contributed by atoms with E-state index in [0.717, 1.165) is 40.4 Å². The average Bonchev–Trinajstić information content (AvgIpc) is 3.48. The van der Waals surface area contributed by atoms with Crippen LogP contribution in [0.3, 0.4) is 0 Å². The lowest BCUT2D eigenvalue weighted by Gasteiger charge is -2.28. The fourth-order valence-electron chi connectivity index (χ4n) is 6.38. The van der Waals surface area contributed by atoms with E-state index in [9.17, 15) is 9.59 Å². The van der Waals surface area contributed by atoms with Crippen molar-refractivity contribution < 1.29 is 23.8 Å². The number of carbonyl (C=O) groups is 2. The van der Waals surface area contributed by atoms with Gasteiger partial charge < -0.3 is 14.2 Å². The number of methoxy groups -OCH3 is 1. The second-order valence-electron chi connectivity index (χ2n) is 13.6. The van der Waals surface area contributed by atoms with Crippen LogP contribution in [0.1, 0.15) is 99.8 Å². The predicted octanol–water partition coefficient (Wildman–Crippen LogP) is 7.08. The van der Waals surface area contributed by atoms with Crippen molar-refractivity contribution in [2.24, 2.45) is 11.3 Å². The highest BCUT2D eigenvalue weighted by atomic mass is 16.5. The lowest BCUT2D eigenvalue weighted by atomic mass is 9.86. The Hall–Kier alpha value is -4.47. The van der Waals surface area contributed by atoms with Crippen molar-refractivity contribution in [3.63, 3.8) is 0 Å². The third-order valence-corrected chi connectivity index (χ3v) is 9.12. The zero-order valence-electron chi connectivity index (χ0n) is 27.3. The Morgan fingerprint density at radius 3 is 2.48 bits per heavy atom. The highest BCUT2D eigenvalue weighted by Crippen LogP contribution is 2.55. The van der Waals surface area contributed by atoms with Crippen LogP contribution in [0, 0.1) is 11.3 Å². The molecule has 3 atom stereocenters. The van der Waals surface area contributed by atoms with Gasteiger partial charge in [-0.3, -0.25) is 4.79 Å². The van der Waals surface area contributed by atoms with E-state index in [2.05, 4.69) is 46.6 Å². The zero-order valence-corrected chi connectivity index (χ0v) is 27.3.